The first-order valence-corrected chi connectivity index (χ1v) is 10.9. The Labute approximate surface area is 179 Å². The standard InChI is InChI=1S/C24H23N3O2S/c1-3-17-10-12-18(13-11-17)16(2)25-22(28)15-27-24(29)20-8-5-4-7-19(20)23(26-27)21-9-6-14-30-21/h4-14,16H,3,15H2,1-2H3,(H,25,28). The molecule has 152 valence electrons. The van der Waals surface area contributed by atoms with Gasteiger partial charge in [0.25, 0.3) is 5.56 Å². The van der Waals surface area contributed by atoms with Crippen LogP contribution in [0.2, 0.25) is 0 Å². The maximum absolute atomic E-state index is 12.9. The highest BCUT2D eigenvalue weighted by molar-refractivity contribution is 7.13. The number of nitrogens with zero attached hydrogens (tertiary/aromatic N) is 2. The second-order valence-electron chi connectivity index (χ2n) is 7.22. The highest BCUT2D eigenvalue weighted by atomic mass is 32.1. The van der Waals surface area contributed by atoms with Gasteiger partial charge in [-0.1, -0.05) is 55.5 Å². The lowest BCUT2D eigenvalue weighted by Crippen LogP contribution is -2.35. The molecule has 4 rings (SSSR count). The molecular weight excluding hydrogens is 394 g/mol. The van der Waals surface area contributed by atoms with E-state index >= 15 is 0 Å². The van der Waals surface area contributed by atoms with Crippen LogP contribution >= 0.6 is 11.3 Å². The molecule has 0 spiro atoms. The van der Waals surface area contributed by atoms with Crippen molar-refractivity contribution in [3.63, 3.8) is 0 Å². The molecule has 0 saturated heterocycles. The fourth-order valence-corrected chi connectivity index (χ4v) is 4.21. The van der Waals surface area contributed by atoms with Crippen LogP contribution in [-0.4, -0.2) is 15.7 Å². The van der Waals surface area contributed by atoms with Gasteiger partial charge in [-0.15, -0.1) is 11.3 Å². The molecule has 0 aliphatic heterocycles. The molecule has 1 unspecified atom stereocenters. The third-order valence-electron chi connectivity index (χ3n) is 5.18. The van der Waals surface area contributed by atoms with Crippen LogP contribution in [0.5, 0.6) is 0 Å². The molecular formula is C24H23N3O2S. The van der Waals surface area contributed by atoms with Crippen LogP contribution in [0.4, 0.5) is 0 Å². The van der Waals surface area contributed by atoms with E-state index in [0.717, 1.165) is 27.9 Å². The van der Waals surface area contributed by atoms with Crippen molar-refractivity contribution in [2.24, 2.45) is 0 Å². The van der Waals surface area contributed by atoms with Crippen LogP contribution in [0.1, 0.15) is 31.0 Å². The van der Waals surface area contributed by atoms with Crippen LogP contribution < -0.4 is 10.9 Å². The Kier molecular flexibility index (Phi) is 5.77. The van der Waals surface area contributed by atoms with Crippen LogP contribution in [-0.2, 0) is 17.8 Å². The van der Waals surface area contributed by atoms with Gasteiger partial charge in [-0.25, -0.2) is 4.68 Å². The SMILES string of the molecule is CCc1ccc(C(C)NC(=O)Cn2nc(-c3cccs3)c3ccccc3c2=O)cc1. The molecule has 0 bridgehead atoms. The number of hydrogen-bond donors (Lipinski definition) is 1. The molecule has 1 atom stereocenters. The Hall–Kier alpha value is -3.25. The van der Waals surface area contributed by atoms with Gasteiger partial charge in [0.05, 0.1) is 16.3 Å². The lowest BCUT2D eigenvalue weighted by Gasteiger charge is -2.16. The van der Waals surface area contributed by atoms with Gasteiger partial charge in [-0.2, -0.15) is 5.10 Å². The summed E-state index contributed by atoms with van der Waals surface area (Å²) in [5.74, 6) is -0.246. The van der Waals surface area contributed by atoms with Crippen LogP contribution in [0.15, 0.2) is 70.8 Å². The number of hydrogen-bond acceptors (Lipinski definition) is 4. The number of amides is 1. The molecule has 30 heavy (non-hydrogen) atoms. The highest BCUT2D eigenvalue weighted by Gasteiger charge is 2.16. The summed E-state index contributed by atoms with van der Waals surface area (Å²) in [6.45, 7) is 3.92. The summed E-state index contributed by atoms with van der Waals surface area (Å²) < 4.78 is 1.26. The van der Waals surface area contributed by atoms with Gasteiger partial charge >= 0.3 is 0 Å². The zero-order valence-electron chi connectivity index (χ0n) is 17.0. The number of fused-ring (bicyclic) bond motifs is 1. The Balaban J connectivity index is 1.61. The summed E-state index contributed by atoms with van der Waals surface area (Å²) >= 11 is 1.56. The molecule has 0 saturated carbocycles. The molecule has 4 aromatic rings. The van der Waals surface area contributed by atoms with Gasteiger partial charge in [0.15, 0.2) is 0 Å². The molecule has 1 amide bonds. The van der Waals surface area contributed by atoms with E-state index in [0.29, 0.717) is 5.39 Å². The molecule has 0 aliphatic carbocycles. The second-order valence-corrected chi connectivity index (χ2v) is 8.17. The molecule has 2 aromatic carbocycles. The molecule has 2 heterocycles. The van der Waals surface area contributed by atoms with Gasteiger partial charge in [-0.3, -0.25) is 9.59 Å². The quantitative estimate of drug-likeness (QED) is 0.500. The zero-order chi connectivity index (χ0) is 21.1. The van der Waals surface area contributed by atoms with Crippen molar-refractivity contribution in [3.8, 4) is 10.6 Å². The smallest absolute Gasteiger partial charge is 0.275 e. The molecule has 5 nitrogen and oxygen atoms in total. The largest absolute Gasteiger partial charge is 0.348 e. The predicted molar refractivity (Wildman–Crippen MR) is 122 cm³/mol. The van der Waals surface area contributed by atoms with Crippen molar-refractivity contribution in [2.75, 3.05) is 0 Å². The number of carbonyl (C=O) groups is 1. The lowest BCUT2D eigenvalue weighted by atomic mass is 10.1. The van der Waals surface area contributed by atoms with Crippen LogP contribution in [0.25, 0.3) is 21.3 Å². The van der Waals surface area contributed by atoms with E-state index in [-0.39, 0.29) is 24.1 Å². The number of aryl methyl sites for hydroxylation is 1. The summed E-state index contributed by atoms with van der Waals surface area (Å²) in [7, 11) is 0. The second kappa shape index (κ2) is 8.63. The summed E-state index contributed by atoms with van der Waals surface area (Å²) in [5, 5.41) is 10.8. The van der Waals surface area contributed by atoms with E-state index in [1.54, 1.807) is 17.4 Å². The van der Waals surface area contributed by atoms with Crippen molar-refractivity contribution >= 4 is 28.0 Å². The van der Waals surface area contributed by atoms with Crippen LogP contribution in [0.3, 0.4) is 0 Å². The molecule has 0 aliphatic rings. The van der Waals surface area contributed by atoms with E-state index in [1.165, 1.54) is 10.2 Å². The van der Waals surface area contributed by atoms with Gasteiger partial charge in [0.1, 0.15) is 12.2 Å². The summed E-state index contributed by atoms with van der Waals surface area (Å²) in [5.41, 5.74) is 2.74. The molecule has 0 fully saturated rings. The zero-order valence-corrected chi connectivity index (χ0v) is 17.8. The topological polar surface area (TPSA) is 64.0 Å². The Morgan fingerprint density at radius 3 is 2.47 bits per heavy atom. The number of benzene rings is 2. The van der Waals surface area contributed by atoms with Crippen molar-refractivity contribution < 1.29 is 4.79 Å². The monoisotopic (exact) mass is 417 g/mol. The van der Waals surface area contributed by atoms with Crippen molar-refractivity contribution in [1.82, 2.24) is 15.1 Å². The first kappa shape index (κ1) is 20.0. The minimum atomic E-state index is -0.263. The average molecular weight is 418 g/mol. The minimum Gasteiger partial charge on any atom is -0.348 e. The maximum Gasteiger partial charge on any atom is 0.275 e. The summed E-state index contributed by atoms with van der Waals surface area (Å²) in [6, 6.07) is 19.3. The number of nitrogens with one attached hydrogen (secondary N) is 1. The maximum atomic E-state index is 12.9. The van der Waals surface area contributed by atoms with Gasteiger partial charge < -0.3 is 5.32 Å². The van der Waals surface area contributed by atoms with Crippen molar-refractivity contribution in [2.45, 2.75) is 32.9 Å². The van der Waals surface area contributed by atoms with E-state index in [1.807, 2.05) is 54.8 Å². The lowest BCUT2D eigenvalue weighted by molar-refractivity contribution is -0.122. The average Bonchev–Trinajstić information content (AvgIpc) is 3.30. The van der Waals surface area contributed by atoms with Gasteiger partial charge in [0.2, 0.25) is 5.91 Å². The highest BCUT2D eigenvalue weighted by Crippen LogP contribution is 2.28. The van der Waals surface area contributed by atoms with E-state index in [9.17, 15) is 9.59 Å². The van der Waals surface area contributed by atoms with Crippen molar-refractivity contribution in [1.29, 1.82) is 0 Å². The first-order chi connectivity index (χ1) is 14.6. The predicted octanol–water partition coefficient (Wildman–Crippen LogP) is 4.56. The molecule has 1 N–H and O–H groups in total. The fourth-order valence-electron chi connectivity index (χ4n) is 3.49. The number of carbonyl (C=O) groups excluding carboxylic acids is 1. The fraction of sp³-hybridized carbons (Fsp3) is 0.208. The summed E-state index contributed by atoms with van der Waals surface area (Å²) in [6.07, 6.45) is 0.976. The number of rotatable bonds is 6. The Morgan fingerprint density at radius 2 is 1.80 bits per heavy atom. The molecule has 0 radical (unpaired) electrons. The Morgan fingerprint density at radius 1 is 1.07 bits per heavy atom. The van der Waals surface area contributed by atoms with Crippen LogP contribution in [0, 0.1) is 0 Å². The molecule has 2 aromatic heterocycles. The molecule has 6 heteroatoms. The van der Waals surface area contributed by atoms with E-state index in [4.69, 9.17) is 0 Å². The number of thiophene rings is 1. The first-order valence-electron chi connectivity index (χ1n) is 9.98. The van der Waals surface area contributed by atoms with Crippen molar-refractivity contribution in [3.05, 3.63) is 87.5 Å². The van der Waals surface area contributed by atoms with Gasteiger partial charge in [-0.05, 0) is 42.0 Å². The third-order valence-corrected chi connectivity index (χ3v) is 6.06. The minimum absolute atomic E-state index is 0.126. The number of aromatic nitrogens is 2. The normalized spacial score (nSPS) is 12.1. The summed E-state index contributed by atoms with van der Waals surface area (Å²) in [4.78, 5) is 26.6. The van der Waals surface area contributed by atoms with E-state index < -0.39 is 0 Å². The third kappa shape index (κ3) is 4.04. The Bertz CT molecular complexity index is 1230. The van der Waals surface area contributed by atoms with Gasteiger partial charge in [0, 0.05) is 5.39 Å². The van der Waals surface area contributed by atoms with E-state index in [2.05, 4.69) is 29.5 Å².